The van der Waals surface area contributed by atoms with Crippen molar-refractivity contribution in [1.29, 1.82) is 0 Å². The summed E-state index contributed by atoms with van der Waals surface area (Å²) in [6, 6.07) is 10.4. The number of carbonyl (C=O) groups is 1. The van der Waals surface area contributed by atoms with E-state index in [0.29, 0.717) is 5.69 Å². The minimum Gasteiger partial charge on any atom is -0.478 e. The highest BCUT2D eigenvalue weighted by Gasteiger charge is 2.04. The average molecular weight is 293 g/mol. The average Bonchev–Trinajstić information content (AvgIpc) is 2.42. The highest BCUT2D eigenvalue weighted by atomic mass is 35.5. The molecule has 102 valence electrons. The highest BCUT2D eigenvalue weighted by molar-refractivity contribution is 6.33. The van der Waals surface area contributed by atoms with E-state index in [1.54, 1.807) is 18.2 Å². The van der Waals surface area contributed by atoms with Gasteiger partial charge in [-0.25, -0.2) is 9.18 Å². The Morgan fingerprint density at radius 1 is 1.30 bits per heavy atom. The number of halogens is 2. The van der Waals surface area contributed by atoms with Crippen LogP contribution < -0.4 is 5.43 Å². The van der Waals surface area contributed by atoms with E-state index < -0.39 is 11.8 Å². The maximum Gasteiger partial charge on any atom is 0.335 e. The van der Waals surface area contributed by atoms with Crippen LogP contribution in [-0.2, 0) is 0 Å². The van der Waals surface area contributed by atoms with Crippen LogP contribution in [0.15, 0.2) is 47.6 Å². The number of carboxylic acid groups (broad SMARTS) is 1. The number of hydrogen-bond donors (Lipinski definition) is 2. The summed E-state index contributed by atoms with van der Waals surface area (Å²) in [6.07, 6.45) is 1.24. The Hall–Kier alpha value is -2.40. The lowest BCUT2D eigenvalue weighted by molar-refractivity contribution is 0.0697. The molecule has 0 spiro atoms. The third kappa shape index (κ3) is 3.33. The number of hydrogen-bond acceptors (Lipinski definition) is 3. The van der Waals surface area contributed by atoms with E-state index in [0.717, 1.165) is 0 Å². The largest absolute Gasteiger partial charge is 0.478 e. The van der Waals surface area contributed by atoms with Gasteiger partial charge in [-0.15, -0.1) is 0 Å². The Kier molecular flexibility index (Phi) is 4.32. The topological polar surface area (TPSA) is 61.7 Å². The van der Waals surface area contributed by atoms with Crippen molar-refractivity contribution >= 4 is 29.5 Å². The van der Waals surface area contributed by atoms with E-state index in [-0.39, 0.29) is 16.1 Å². The number of nitrogens with one attached hydrogen (secondary N) is 1. The molecule has 2 rings (SSSR count). The van der Waals surface area contributed by atoms with Gasteiger partial charge < -0.3 is 5.11 Å². The van der Waals surface area contributed by atoms with Gasteiger partial charge in [0.2, 0.25) is 0 Å². The van der Waals surface area contributed by atoms with Crippen molar-refractivity contribution in [2.75, 3.05) is 5.43 Å². The van der Waals surface area contributed by atoms with Gasteiger partial charge in [-0.2, -0.15) is 5.10 Å². The summed E-state index contributed by atoms with van der Waals surface area (Å²) in [5.41, 5.74) is 3.40. The van der Waals surface area contributed by atoms with Crippen LogP contribution in [0.2, 0.25) is 5.02 Å². The predicted molar refractivity (Wildman–Crippen MR) is 76.0 cm³/mol. The van der Waals surface area contributed by atoms with Crippen LogP contribution in [0.5, 0.6) is 0 Å². The van der Waals surface area contributed by atoms with Gasteiger partial charge in [0.25, 0.3) is 0 Å². The second kappa shape index (κ2) is 6.16. The summed E-state index contributed by atoms with van der Waals surface area (Å²) in [4.78, 5) is 10.8. The number of benzene rings is 2. The van der Waals surface area contributed by atoms with Crippen LogP contribution in [0.3, 0.4) is 0 Å². The summed E-state index contributed by atoms with van der Waals surface area (Å²) in [5, 5.41) is 12.9. The molecule has 6 heteroatoms. The number of carboxylic acids is 1. The smallest absolute Gasteiger partial charge is 0.335 e. The van der Waals surface area contributed by atoms with Crippen LogP contribution in [-0.4, -0.2) is 17.3 Å². The number of hydrazone groups is 1. The fourth-order valence-electron chi connectivity index (χ4n) is 1.53. The fraction of sp³-hybridized carbons (Fsp3) is 0. The van der Waals surface area contributed by atoms with Gasteiger partial charge in [0.05, 0.1) is 22.5 Å². The molecule has 0 fully saturated rings. The molecule has 2 N–H and O–H groups in total. The molecular formula is C14H10ClFN2O2. The fourth-order valence-corrected chi connectivity index (χ4v) is 1.74. The molecule has 0 radical (unpaired) electrons. The quantitative estimate of drug-likeness (QED) is 0.668. The zero-order valence-corrected chi connectivity index (χ0v) is 10.9. The maximum absolute atomic E-state index is 13.5. The lowest BCUT2D eigenvalue weighted by Crippen LogP contribution is -1.98. The normalized spacial score (nSPS) is 10.7. The van der Waals surface area contributed by atoms with Crippen molar-refractivity contribution in [1.82, 2.24) is 0 Å². The summed E-state index contributed by atoms with van der Waals surface area (Å²) in [7, 11) is 0. The van der Waals surface area contributed by atoms with Crippen molar-refractivity contribution in [2.45, 2.75) is 0 Å². The molecular weight excluding hydrogens is 283 g/mol. The Labute approximate surface area is 119 Å². The summed E-state index contributed by atoms with van der Waals surface area (Å²) in [6.45, 7) is 0. The third-order valence-corrected chi connectivity index (χ3v) is 2.83. The molecule has 2 aromatic carbocycles. The van der Waals surface area contributed by atoms with Crippen molar-refractivity contribution < 1.29 is 14.3 Å². The molecule has 0 heterocycles. The molecule has 0 aliphatic carbocycles. The standard InChI is InChI=1S/C14H10ClFN2O2/c15-12-5-2-6-13(16)11(12)8-17-18-10-4-1-3-9(7-10)14(19)20/h1-8,18H,(H,19,20)/b17-8+. The van der Waals surface area contributed by atoms with Gasteiger partial charge in [0.1, 0.15) is 5.82 Å². The molecule has 0 aromatic heterocycles. The van der Waals surface area contributed by atoms with E-state index in [1.165, 1.54) is 30.5 Å². The second-order valence-electron chi connectivity index (χ2n) is 3.89. The SMILES string of the molecule is O=C(O)c1cccc(N/N=C/c2c(F)cccc2Cl)c1. The first-order valence-corrected chi connectivity index (χ1v) is 6.02. The molecule has 20 heavy (non-hydrogen) atoms. The summed E-state index contributed by atoms with van der Waals surface area (Å²) < 4.78 is 13.5. The van der Waals surface area contributed by atoms with Gasteiger partial charge in [-0.1, -0.05) is 23.7 Å². The molecule has 0 aliphatic rings. The summed E-state index contributed by atoms with van der Waals surface area (Å²) >= 11 is 5.84. The molecule has 0 saturated carbocycles. The molecule has 0 unspecified atom stereocenters. The zero-order chi connectivity index (χ0) is 14.5. The van der Waals surface area contributed by atoms with Gasteiger partial charge in [-0.05, 0) is 30.3 Å². The Morgan fingerprint density at radius 3 is 2.75 bits per heavy atom. The van der Waals surface area contributed by atoms with E-state index in [1.807, 2.05) is 0 Å². The van der Waals surface area contributed by atoms with Crippen LogP contribution in [0.1, 0.15) is 15.9 Å². The van der Waals surface area contributed by atoms with Crippen molar-refractivity contribution in [2.24, 2.45) is 5.10 Å². The Balaban J connectivity index is 2.14. The van der Waals surface area contributed by atoms with Gasteiger partial charge in [0.15, 0.2) is 0 Å². The monoisotopic (exact) mass is 292 g/mol. The lowest BCUT2D eigenvalue weighted by atomic mass is 10.2. The van der Waals surface area contributed by atoms with Crippen LogP contribution >= 0.6 is 11.6 Å². The molecule has 2 aromatic rings. The first-order chi connectivity index (χ1) is 9.58. The van der Waals surface area contributed by atoms with Crippen LogP contribution in [0.25, 0.3) is 0 Å². The number of rotatable bonds is 4. The zero-order valence-electron chi connectivity index (χ0n) is 10.2. The van der Waals surface area contributed by atoms with Gasteiger partial charge in [-0.3, -0.25) is 5.43 Å². The van der Waals surface area contributed by atoms with Crippen molar-refractivity contribution in [3.63, 3.8) is 0 Å². The van der Waals surface area contributed by atoms with Gasteiger partial charge >= 0.3 is 5.97 Å². The maximum atomic E-state index is 13.5. The molecule has 0 amide bonds. The first-order valence-electron chi connectivity index (χ1n) is 5.64. The Bertz CT molecular complexity index is 654. The van der Waals surface area contributed by atoms with E-state index in [4.69, 9.17) is 16.7 Å². The number of aromatic carboxylic acids is 1. The van der Waals surface area contributed by atoms with E-state index in [2.05, 4.69) is 10.5 Å². The third-order valence-electron chi connectivity index (χ3n) is 2.50. The molecule has 0 saturated heterocycles. The van der Waals surface area contributed by atoms with Gasteiger partial charge in [0, 0.05) is 5.56 Å². The Morgan fingerprint density at radius 2 is 2.05 bits per heavy atom. The van der Waals surface area contributed by atoms with Crippen LogP contribution in [0, 0.1) is 5.82 Å². The van der Waals surface area contributed by atoms with E-state index >= 15 is 0 Å². The highest BCUT2D eigenvalue weighted by Crippen LogP contribution is 2.17. The second-order valence-corrected chi connectivity index (χ2v) is 4.30. The molecule has 0 atom stereocenters. The lowest BCUT2D eigenvalue weighted by Gasteiger charge is -2.02. The number of anilines is 1. The first kappa shape index (κ1) is 14.0. The summed E-state index contributed by atoms with van der Waals surface area (Å²) in [5.74, 6) is -1.52. The minimum absolute atomic E-state index is 0.133. The van der Waals surface area contributed by atoms with Crippen LogP contribution in [0.4, 0.5) is 10.1 Å². The molecule has 0 bridgehead atoms. The van der Waals surface area contributed by atoms with E-state index in [9.17, 15) is 9.18 Å². The minimum atomic E-state index is -1.03. The molecule has 4 nitrogen and oxygen atoms in total. The molecule has 0 aliphatic heterocycles. The van der Waals surface area contributed by atoms with Crippen molar-refractivity contribution in [3.8, 4) is 0 Å². The number of nitrogens with zero attached hydrogens (tertiary/aromatic N) is 1. The van der Waals surface area contributed by atoms with Crippen molar-refractivity contribution in [3.05, 3.63) is 64.4 Å². The predicted octanol–water partition coefficient (Wildman–Crippen LogP) is 3.62.